The zero-order valence-electron chi connectivity index (χ0n) is 5.77. The molecule has 0 radical (unpaired) electrons. The third-order valence-corrected chi connectivity index (χ3v) is 2.56. The lowest BCUT2D eigenvalue weighted by Gasteiger charge is -1.84. The summed E-state index contributed by atoms with van der Waals surface area (Å²) < 4.78 is 0. The number of hydrogen-bond acceptors (Lipinski definition) is 3. The number of halogens is 2. The van der Waals surface area contributed by atoms with E-state index in [1.54, 1.807) is 11.3 Å². The van der Waals surface area contributed by atoms with Crippen molar-refractivity contribution in [2.24, 2.45) is 5.73 Å². The molecule has 64 valence electrons. The number of thiazole rings is 1. The molecule has 1 aromatic rings. The molecule has 5 heteroatoms. The number of nitrogens with two attached hydrogens (primary N) is 1. The normalized spacial score (nSPS) is 26.6. The zero-order valence-corrected chi connectivity index (χ0v) is 8.22. The maximum Gasteiger partial charge on any atom is 0.0794 e. The third-order valence-electron chi connectivity index (χ3n) is 1.66. The fourth-order valence-corrected chi connectivity index (χ4v) is 1.76. The van der Waals surface area contributed by atoms with E-state index in [4.69, 9.17) is 5.73 Å². The Kier molecular flexibility index (Phi) is 4.32. The molecule has 0 unspecified atom stereocenters. The van der Waals surface area contributed by atoms with Crippen LogP contribution in [0.4, 0.5) is 0 Å². The molecule has 0 saturated heterocycles. The van der Waals surface area contributed by atoms with Crippen LogP contribution in [0.25, 0.3) is 0 Å². The van der Waals surface area contributed by atoms with E-state index in [2.05, 4.69) is 4.98 Å². The Morgan fingerprint density at radius 3 is 2.55 bits per heavy atom. The summed E-state index contributed by atoms with van der Waals surface area (Å²) in [4.78, 5) is 5.33. The molecule has 2 rings (SSSR count). The predicted octanol–water partition coefficient (Wildman–Crippen LogP) is 1.80. The lowest BCUT2D eigenvalue weighted by atomic mass is 10.4. The molecule has 2 N–H and O–H groups in total. The van der Waals surface area contributed by atoms with Crippen molar-refractivity contribution in [2.45, 2.75) is 18.4 Å². The quantitative estimate of drug-likeness (QED) is 0.772. The summed E-state index contributed by atoms with van der Waals surface area (Å²) in [5.74, 6) is 0.637. The summed E-state index contributed by atoms with van der Waals surface area (Å²) >= 11 is 1.71. The van der Waals surface area contributed by atoms with E-state index in [9.17, 15) is 0 Å². The first-order valence-electron chi connectivity index (χ1n) is 3.02. The van der Waals surface area contributed by atoms with E-state index in [-0.39, 0.29) is 24.8 Å². The van der Waals surface area contributed by atoms with Gasteiger partial charge < -0.3 is 5.73 Å². The summed E-state index contributed by atoms with van der Waals surface area (Å²) in [6.07, 6.45) is 3.07. The molecule has 1 aliphatic rings. The summed E-state index contributed by atoms with van der Waals surface area (Å²) in [5.41, 5.74) is 7.50. The molecule has 0 aromatic carbocycles. The molecule has 1 saturated carbocycles. The van der Waals surface area contributed by atoms with Gasteiger partial charge in [-0.15, -0.1) is 36.2 Å². The maximum atomic E-state index is 5.64. The minimum absolute atomic E-state index is 0. The van der Waals surface area contributed by atoms with E-state index in [0.29, 0.717) is 12.0 Å². The average Bonchev–Trinajstić information content (AvgIpc) is 2.44. The van der Waals surface area contributed by atoms with Crippen molar-refractivity contribution in [3.63, 3.8) is 0 Å². The molecule has 0 aliphatic heterocycles. The van der Waals surface area contributed by atoms with Crippen molar-refractivity contribution in [3.8, 4) is 0 Å². The maximum absolute atomic E-state index is 5.64. The second-order valence-electron chi connectivity index (χ2n) is 2.41. The standard InChI is InChI=1S/C6H8N2S.2ClH/c7-5-1-4(5)6-2-8-3-9-6;;/h2-5H,1,7H2;2*1H/t4-,5-;;/m1../s1. The molecule has 0 bridgehead atoms. The van der Waals surface area contributed by atoms with Crippen molar-refractivity contribution in [3.05, 3.63) is 16.6 Å². The SMILES string of the molecule is Cl.Cl.N[C@@H]1C[C@H]1c1cncs1. The van der Waals surface area contributed by atoms with Crippen LogP contribution < -0.4 is 5.73 Å². The monoisotopic (exact) mass is 212 g/mol. The zero-order chi connectivity index (χ0) is 6.27. The fourth-order valence-electron chi connectivity index (χ4n) is 0.951. The third kappa shape index (κ3) is 2.30. The van der Waals surface area contributed by atoms with Crippen LogP contribution in [0.3, 0.4) is 0 Å². The van der Waals surface area contributed by atoms with Crippen LogP contribution in [0.15, 0.2) is 11.7 Å². The topological polar surface area (TPSA) is 38.9 Å². The number of aromatic nitrogens is 1. The van der Waals surface area contributed by atoms with Gasteiger partial charge in [0.05, 0.1) is 5.51 Å². The molecule has 1 aliphatic carbocycles. The highest BCUT2D eigenvalue weighted by Gasteiger charge is 2.35. The smallest absolute Gasteiger partial charge is 0.0794 e. The Balaban J connectivity index is 0.000000500. The Hall–Kier alpha value is 0.170. The van der Waals surface area contributed by atoms with Gasteiger partial charge in [-0.1, -0.05) is 0 Å². The van der Waals surface area contributed by atoms with Crippen molar-refractivity contribution in [1.82, 2.24) is 4.98 Å². The van der Waals surface area contributed by atoms with Crippen LogP contribution in [0.2, 0.25) is 0 Å². The lowest BCUT2D eigenvalue weighted by Crippen LogP contribution is -1.99. The lowest BCUT2D eigenvalue weighted by molar-refractivity contribution is 1.00. The van der Waals surface area contributed by atoms with Gasteiger partial charge in [-0.2, -0.15) is 0 Å². The molecule has 2 atom stereocenters. The van der Waals surface area contributed by atoms with Gasteiger partial charge >= 0.3 is 0 Å². The molecular formula is C6H10Cl2N2S. The molecule has 1 fully saturated rings. The van der Waals surface area contributed by atoms with E-state index < -0.39 is 0 Å². The van der Waals surface area contributed by atoms with Gasteiger partial charge in [-0.25, -0.2) is 0 Å². The first kappa shape index (κ1) is 11.2. The molecule has 2 nitrogen and oxygen atoms in total. The van der Waals surface area contributed by atoms with Gasteiger partial charge in [0.1, 0.15) is 0 Å². The molecule has 0 spiro atoms. The average molecular weight is 213 g/mol. The first-order valence-corrected chi connectivity index (χ1v) is 3.90. The highest BCUT2D eigenvalue weighted by molar-refractivity contribution is 7.09. The predicted molar refractivity (Wildman–Crippen MR) is 51.9 cm³/mol. The molecule has 0 amide bonds. The summed E-state index contributed by atoms with van der Waals surface area (Å²) in [6.45, 7) is 0. The summed E-state index contributed by atoms with van der Waals surface area (Å²) in [7, 11) is 0. The van der Waals surface area contributed by atoms with E-state index in [0.717, 1.165) is 6.42 Å². The van der Waals surface area contributed by atoms with Gasteiger partial charge in [-0.3, -0.25) is 4.98 Å². The van der Waals surface area contributed by atoms with Crippen LogP contribution >= 0.6 is 36.2 Å². The van der Waals surface area contributed by atoms with E-state index >= 15 is 0 Å². The summed E-state index contributed by atoms with van der Waals surface area (Å²) in [5, 5.41) is 0. The second-order valence-corrected chi connectivity index (χ2v) is 3.33. The Bertz CT molecular complexity index is 202. The number of rotatable bonds is 1. The van der Waals surface area contributed by atoms with Gasteiger partial charge in [0.15, 0.2) is 0 Å². The minimum atomic E-state index is 0. The van der Waals surface area contributed by atoms with Crippen molar-refractivity contribution in [2.75, 3.05) is 0 Å². The summed E-state index contributed by atoms with van der Waals surface area (Å²) in [6, 6.07) is 0.422. The van der Waals surface area contributed by atoms with Crippen molar-refractivity contribution in [1.29, 1.82) is 0 Å². The first-order chi connectivity index (χ1) is 4.38. The Morgan fingerprint density at radius 1 is 1.55 bits per heavy atom. The van der Waals surface area contributed by atoms with Gasteiger partial charge in [-0.05, 0) is 6.42 Å². The minimum Gasteiger partial charge on any atom is -0.327 e. The Morgan fingerprint density at radius 2 is 2.18 bits per heavy atom. The molecule has 1 heterocycles. The van der Waals surface area contributed by atoms with Gasteiger partial charge in [0.2, 0.25) is 0 Å². The second kappa shape index (κ2) is 4.26. The van der Waals surface area contributed by atoms with Crippen molar-refractivity contribution >= 4 is 36.2 Å². The van der Waals surface area contributed by atoms with Crippen LogP contribution in [0, 0.1) is 0 Å². The molecular weight excluding hydrogens is 203 g/mol. The van der Waals surface area contributed by atoms with Gasteiger partial charge in [0, 0.05) is 23.0 Å². The number of hydrogen-bond donors (Lipinski definition) is 1. The largest absolute Gasteiger partial charge is 0.327 e. The molecule has 11 heavy (non-hydrogen) atoms. The van der Waals surface area contributed by atoms with E-state index in [1.165, 1.54) is 4.88 Å². The highest BCUT2D eigenvalue weighted by Crippen LogP contribution is 2.40. The Labute approximate surface area is 82.0 Å². The fraction of sp³-hybridized carbons (Fsp3) is 0.500. The van der Waals surface area contributed by atoms with Crippen LogP contribution in [-0.2, 0) is 0 Å². The van der Waals surface area contributed by atoms with Crippen LogP contribution in [-0.4, -0.2) is 11.0 Å². The van der Waals surface area contributed by atoms with Gasteiger partial charge in [0.25, 0.3) is 0 Å². The van der Waals surface area contributed by atoms with Crippen molar-refractivity contribution < 1.29 is 0 Å². The molecule has 1 aromatic heterocycles. The number of nitrogens with zero attached hydrogens (tertiary/aromatic N) is 1. The van der Waals surface area contributed by atoms with Crippen LogP contribution in [0.1, 0.15) is 17.2 Å². The van der Waals surface area contributed by atoms with E-state index in [1.807, 2.05) is 11.7 Å². The highest BCUT2D eigenvalue weighted by atomic mass is 35.5. The van der Waals surface area contributed by atoms with Crippen LogP contribution in [0.5, 0.6) is 0 Å².